The van der Waals surface area contributed by atoms with Crippen molar-refractivity contribution in [3.63, 3.8) is 0 Å². The number of hydrogen-bond acceptors (Lipinski definition) is 4. The van der Waals surface area contributed by atoms with Crippen LogP contribution in [0.3, 0.4) is 0 Å². The molecule has 4 heteroatoms. The van der Waals surface area contributed by atoms with Crippen LogP contribution in [0.15, 0.2) is 0 Å². The summed E-state index contributed by atoms with van der Waals surface area (Å²) in [5.41, 5.74) is 0. The molecule has 0 aromatic heterocycles. The van der Waals surface area contributed by atoms with E-state index in [-0.39, 0.29) is 18.3 Å². The highest BCUT2D eigenvalue weighted by atomic mass is 16.6. The van der Waals surface area contributed by atoms with E-state index in [2.05, 4.69) is 0 Å². The van der Waals surface area contributed by atoms with Crippen LogP contribution in [0.5, 0.6) is 0 Å². The predicted octanol–water partition coefficient (Wildman–Crippen LogP) is 0.0616. The van der Waals surface area contributed by atoms with E-state index in [9.17, 15) is 0 Å². The molecule has 0 amide bonds. The summed E-state index contributed by atoms with van der Waals surface area (Å²) >= 11 is 0. The molecular weight excluding hydrogens is 160 g/mol. The standard InChI is InChI=1S/C8H16O4/c1-9-6-4-12-5-7(10-2)8(6)11-3/h6-8H,4-5H2,1-3H3. The van der Waals surface area contributed by atoms with Gasteiger partial charge in [-0.25, -0.2) is 0 Å². The first-order valence-corrected chi connectivity index (χ1v) is 3.99. The highest BCUT2D eigenvalue weighted by molar-refractivity contribution is 4.82. The number of hydrogen-bond donors (Lipinski definition) is 0. The Kier molecular flexibility index (Phi) is 3.94. The van der Waals surface area contributed by atoms with E-state index in [1.807, 2.05) is 0 Å². The van der Waals surface area contributed by atoms with Crippen molar-refractivity contribution in [2.45, 2.75) is 18.3 Å². The Balaban J connectivity index is 2.52. The van der Waals surface area contributed by atoms with E-state index in [1.165, 1.54) is 0 Å². The monoisotopic (exact) mass is 176 g/mol. The maximum atomic E-state index is 5.28. The van der Waals surface area contributed by atoms with Crippen molar-refractivity contribution in [3.8, 4) is 0 Å². The van der Waals surface area contributed by atoms with Crippen molar-refractivity contribution >= 4 is 0 Å². The second kappa shape index (κ2) is 4.77. The lowest BCUT2D eigenvalue weighted by Gasteiger charge is -2.35. The van der Waals surface area contributed by atoms with Gasteiger partial charge < -0.3 is 18.9 Å². The molecule has 1 aliphatic rings. The summed E-state index contributed by atoms with van der Waals surface area (Å²) in [6.07, 6.45) is -0.0591. The van der Waals surface area contributed by atoms with Gasteiger partial charge in [0.15, 0.2) is 0 Å². The minimum absolute atomic E-state index is 0.0197. The molecule has 0 radical (unpaired) electrons. The lowest BCUT2D eigenvalue weighted by atomic mass is 10.1. The van der Waals surface area contributed by atoms with Gasteiger partial charge in [-0.3, -0.25) is 0 Å². The Bertz CT molecular complexity index is 116. The van der Waals surface area contributed by atoms with Gasteiger partial charge in [0, 0.05) is 21.3 Å². The SMILES string of the molecule is COC1COCC(OC)C1OC. The summed E-state index contributed by atoms with van der Waals surface area (Å²) in [5.74, 6) is 0. The first kappa shape index (κ1) is 9.92. The summed E-state index contributed by atoms with van der Waals surface area (Å²) in [4.78, 5) is 0. The Morgan fingerprint density at radius 1 is 0.917 bits per heavy atom. The van der Waals surface area contributed by atoms with E-state index in [0.717, 1.165) is 0 Å². The van der Waals surface area contributed by atoms with Crippen LogP contribution in [-0.4, -0.2) is 52.9 Å². The van der Waals surface area contributed by atoms with Gasteiger partial charge in [-0.2, -0.15) is 0 Å². The lowest BCUT2D eigenvalue weighted by molar-refractivity contribution is -0.180. The van der Waals surface area contributed by atoms with Crippen LogP contribution in [0.2, 0.25) is 0 Å². The number of methoxy groups -OCH3 is 3. The molecule has 2 unspecified atom stereocenters. The summed E-state index contributed by atoms with van der Waals surface area (Å²) in [6, 6.07) is 0. The molecule has 1 saturated heterocycles. The second-order valence-corrected chi connectivity index (χ2v) is 2.79. The molecule has 0 spiro atoms. The highest BCUT2D eigenvalue weighted by Crippen LogP contribution is 2.16. The van der Waals surface area contributed by atoms with Gasteiger partial charge >= 0.3 is 0 Å². The van der Waals surface area contributed by atoms with Crippen molar-refractivity contribution in [2.75, 3.05) is 34.5 Å². The summed E-state index contributed by atoms with van der Waals surface area (Å²) < 4.78 is 20.9. The van der Waals surface area contributed by atoms with Crippen molar-refractivity contribution in [1.29, 1.82) is 0 Å². The molecule has 1 rings (SSSR count). The fourth-order valence-electron chi connectivity index (χ4n) is 1.44. The van der Waals surface area contributed by atoms with Crippen LogP contribution in [-0.2, 0) is 18.9 Å². The largest absolute Gasteiger partial charge is 0.376 e. The van der Waals surface area contributed by atoms with E-state index in [4.69, 9.17) is 18.9 Å². The van der Waals surface area contributed by atoms with E-state index in [0.29, 0.717) is 13.2 Å². The molecule has 0 saturated carbocycles. The van der Waals surface area contributed by atoms with Crippen molar-refractivity contribution < 1.29 is 18.9 Å². The predicted molar refractivity (Wildman–Crippen MR) is 43.2 cm³/mol. The summed E-state index contributed by atoms with van der Waals surface area (Å²) in [6.45, 7) is 1.16. The third-order valence-corrected chi connectivity index (χ3v) is 2.17. The zero-order valence-corrected chi connectivity index (χ0v) is 7.78. The van der Waals surface area contributed by atoms with Gasteiger partial charge in [-0.05, 0) is 0 Å². The molecule has 0 aliphatic carbocycles. The molecule has 0 bridgehead atoms. The molecule has 1 heterocycles. The van der Waals surface area contributed by atoms with Gasteiger partial charge in [0.25, 0.3) is 0 Å². The van der Waals surface area contributed by atoms with Gasteiger partial charge in [0.05, 0.1) is 13.2 Å². The van der Waals surface area contributed by atoms with Gasteiger partial charge in [-0.1, -0.05) is 0 Å². The molecule has 0 aromatic rings. The maximum absolute atomic E-state index is 5.28. The third-order valence-electron chi connectivity index (χ3n) is 2.17. The quantitative estimate of drug-likeness (QED) is 0.609. The molecule has 72 valence electrons. The molecule has 2 atom stereocenters. The van der Waals surface area contributed by atoms with Crippen LogP contribution in [0.25, 0.3) is 0 Å². The third kappa shape index (κ3) is 1.95. The Morgan fingerprint density at radius 3 is 1.75 bits per heavy atom. The Hall–Kier alpha value is -0.160. The summed E-state index contributed by atoms with van der Waals surface area (Å²) in [7, 11) is 4.96. The summed E-state index contributed by atoms with van der Waals surface area (Å²) in [5, 5.41) is 0. The van der Waals surface area contributed by atoms with Crippen LogP contribution in [0, 0.1) is 0 Å². The molecule has 0 N–H and O–H groups in total. The van der Waals surface area contributed by atoms with Crippen LogP contribution in [0.4, 0.5) is 0 Å². The second-order valence-electron chi connectivity index (χ2n) is 2.79. The normalized spacial score (nSPS) is 36.8. The fraction of sp³-hybridized carbons (Fsp3) is 1.00. The molecule has 1 fully saturated rings. The first-order valence-electron chi connectivity index (χ1n) is 3.99. The van der Waals surface area contributed by atoms with Crippen molar-refractivity contribution in [2.24, 2.45) is 0 Å². The molecule has 12 heavy (non-hydrogen) atoms. The average molecular weight is 176 g/mol. The molecule has 1 aliphatic heterocycles. The minimum atomic E-state index is -0.0197. The average Bonchev–Trinajstić information content (AvgIpc) is 2.16. The van der Waals surface area contributed by atoms with E-state index in [1.54, 1.807) is 21.3 Å². The first-order chi connectivity index (χ1) is 5.83. The Morgan fingerprint density at radius 2 is 1.42 bits per heavy atom. The fourth-order valence-corrected chi connectivity index (χ4v) is 1.44. The van der Waals surface area contributed by atoms with Gasteiger partial charge in [-0.15, -0.1) is 0 Å². The van der Waals surface area contributed by atoms with E-state index < -0.39 is 0 Å². The molecule has 0 aromatic carbocycles. The van der Waals surface area contributed by atoms with Crippen molar-refractivity contribution in [3.05, 3.63) is 0 Å². The Labute approximate surface area is 72.7 Å². The van der Waals surface area contributed by atoms with Gasteiger partial charge in [0.1, 0.15) is 18.3 Å². The molecular formula is C8H16O4. The molecule has 4 nitrogen and oxygen atoms in total. The van der Waals surface area contributed by atoms with Gasteiger partial charge in [0.2, 0.25) is 0 Å². The number of ether oxygens (including phenoxy) is 4. The maximum Gasteiger partial charge on any atom is 0.114 e. The van der Waals surface area contributed by atoms with Crippen LogP contribution >= 0.6 is 0 Å². The minimum Gasteiger partial charge on any atom is -0.376 e. The topological polar surface area (TPSA) is 36.9 Å². The smallest absolute Gasteiger partial charge is 0.114 e. The van der Waals surface area contributed by atoms with Crippen LogP contribution in [0.1, 0.15) is 0 Å². The zero-order chi connectivity index (χ0) is 8.97. The highest BCUT2D eigenvalue weighted by Gasteiger charge is 2.34. The van der Waals surface area contributed by atoms with E-state index >= 15 is 0 Å². The van der Waals surface area contributed by atoms with Crippen LogP contribution < -0.4 is 0 Å². The zero-order valence-electron chi connectivity index (χ0n) is 7.78. The van der Waals surface area contributed by atoms with Crippen molar-refractivity contribution in [1.82, 2.24) is 0 Å². The number of rotatable bonds is 3. The lowest BCUT2D eigenvalue weighted by Crippen LogP contribution is -2.50.